The molecule has 1 N–H and O–H groups in total. The van der Waals surface area contributed by atoms with Crippen molar-refractivity contribution in [3.8, 4) is 0 Å². The van der Waals surface area contributed by atoms with Gasteiger partial charge in [-0.25, -0.2) is 4.98 Å². The van der Waals surface area contributed by atoms with E-state index in [1.165, 1.54) is 10.9 Å². The molecule has 0 unspecified atom stereocenters. The van der Waals surface area contributed by atoms with E-state index >= 15 is 0 Å². The molecule has 0 atom stereocenters. The number of anilines is 1. The summed E-state index contributed by atoms with van der Waals surface area (Å²) in [7, 11) is -0.483. The van der Waals surface area contributed by atoms with Crippen LogP contribution in [0, 0.1) is 6.92 Å². The first-order valence-corrected chi connectivity index (χ1v) is 6.87. The SMILES string of the molecule is Cc1cc(NS(=O)(=O)c2ncn(C)c2Cl)nn1C. The summed E-state index contributed by atoms with van der Waals surface area (Å²) in [6.45, 7) is 1.82. The zero-order valence-corrected chi connectivity index (χ0v) is 11.6. The second-order valence-electron chi connectivity index (χ2n) is 3.85. The molecule has 0 saturated carbocycles. The van der Waals surface area contributed by atoms with E-state index in [-0.39, 0.29) is 16.0 Å². The van der Waals surface area contributed by atoms with Crippen LogP contribution in [0.15, 0.2) is 17.4 Å². The van der Waals surface area contributed by atoms with E-state index in [4.69, 9.17) is 11.6 Å². The van der Waals surface area contributed by atoms with Gasteiger partial charge in [0.2, 0.25) is 5.03 Å². The van der Waals surface area contributed by atoms with E-state index in [1.54, 1.807) is 24.8 Å². The predicted molar refractivity (Wildman–Crippen MR) is 67.0 cm³/mol. The van der Waals surface area contributed by atoms with Gasteiger partial charge in [0.05, 0.1) is 6.33 Å². The maximum Gasteiger partial charge on any atom is 0.283 e. The zero-order valence-electron chi connectivity index (χ0n) is 10.0. The standard InChI is InChI=1S/C9H12ClN5O2S/c1-6-4-7(12-15(6)3)13-18(16,17)9-8(10)14(2)5-11-9/h4-5H,1-3H3,(H,12,13). The molecular weight excluding hydrogens is 278 g/mol. The number of halogens is 1. The van der Waals surface area contributed by atoms with Crippen LogP contribution in [0.5, 0.6) is 0 Å². The molecule has 0 saturated heterocycles. The van der Waals surface area contributed by atoms with Crippen LogP contribution >= 0.6 is 11.6 Å². The van der Waals surface area contributed by atoms with Gasteiger partial charge in [0.25, 0.3) is 10.0 Å². The van der Waals surface area contributed by atoms with Gasteiger partial charge in [0.1, 0.15) is 5.15 Å². The Morgan fingerprint density at radius 2 is 2.06 bits per heavy atom. The highest BCUT2D eigenvalue weighted by Gasteiger charge is 2.23. The average Bonchev–Trinajstić information content (AvgIpc) is 2.73. The highest BCUT2D eigenvalue weighted by Crippen LogP contribution is 2.21. The van der Waals surface area contributed by atoms with E-state index in [0.717, 1.165) is 5.69 Å². The Labute approximate surface area is 109 Å². The molecule has 0 fully saturated rings. The summed E-state index contributed by atoms with van der Waals surface area (Å²) in [5.74, 6) is 0.233. The maximum atomic E-state index is 12.0. The molecular formula is C9H12ClN5O2S. The third-order valence-corrected chi connectivity index (χ3v) is 4.28. The Bertz CT molecular complexity index is 668. The van der Waals surface area contributed by atoms with Gasteiger partial charge >= 0.3 is 0 Å². The first kappa shape index (κ1) is 12.9. The van der Waals surface area contributed by atoms with Crippen LogP contribution < -0.4 is 4.72 Å². The fourth-order valence-corrected chi connectivity index (χ4v) is 2.79. The Balaban J connectivity index is 2.36. The second-order valence-corrected chi connectivity index (χ2v) is 5.81. The van der Waals surface area contributed by atoms with Crippen molar-refractivity contribution in [1.29, 1.82) is 0 Å². The fraction of sp³-hybridized carbons (Fsp3) is 0.333. The maximum absolute atomic E-state index is 12.0. The highest BCUT2D eigenvalue weighted by molar-refractivity contribution is 7.92. The summed E-state index contributed by atoms with van der Waals surface area (Å²) >= 11 is 5.85. The van der Waals surface area contributed by atoms with Crippen molar-refractivity contribution in [2.24, 2.45) is 14.1 Å². The van der Waals surface area contributed by atoms with Gasteiger partial charge in [-0.2, -0.15) is 13.5 Å². The van der Waals surface area contributed by atoms with Gasteiger partial charge < -0.3 is 4.57 Å². The van der Waals surface area contributed by atoms with Crippen LogP contribution in [0.3, 0.4) is 0 Å². The molecule has 0 bridgehead atoms. The van der Waals surface area contributed by atoms with E-state index in [2.05, 4.69) is 14.8 Å². The number of rotatable bonds is 3. The molecule has 98 valence electrons. The average molecular weight is 290 g/mol. The molecule has 18 heavy (non-hydrogen) atoms. The number of nitrogens with zero attached hydrogens (tertiary/aromatic N) is 4. The Kier molecular flexibility index (Phi) is 3.07. The third-order valence-electron chi connectivity index (χ3n) is 2.44. The normalized spacial score (nSPS) is 11.8. The van der Waals surface area contributed by atoms with Crippen LogP contribution in [0.2, 0.25) is 5.15 Å². The van der Waals surface area contributed by atoms with Gasteiger partial charge in [-0.05, 0) is 6.92 Å². The van der Waals surface area contributed by atoms with Crippen molar-refractivity contribution in [3.05, 3.63) is 23.2 Å². The molecule has 0 spiro atoms. The summed E-state index contributed by atoms with van der Waals surface area (Å²) in [4.78, 5) is 3.76. The lowest BCUT2D eigenvalue weighted by Gasteiger charge is -2.02. The van der Waals surface area contributed by atoms with Gasteiger partial charge in [0.15, 0.2) is 5.82 Å². The van der Waals surface area contributed by atoms with Crippen molar-refractivity contribution in [1.82, 2.24) is 19.3 Å². The summed E-state index contributed by atoms with van der Waals surface area (Å²) in [6, 6.07) is 1.62. The largest absolute Gasteiger partial charge is 0.324 e. The highest BCUT2D eigenvalue weighted by atomic mass is 35.5. The van der Waals surface area contributed by atoms with Crippen molar-refractivity contribution in [2.45, 2.75) is 11.9 Å². The molecule has 2 heterocycles. The number of hydrogen-bond donors (Lipinski definition) is 1. The van der Waals surface area contributed by atoms with Crippen LogP contribution in [0.25, 0.3) is 0 Å². The third kappa shape index (κ3) is 2.21. The molecule has 9 heteroatoms. The van der Waals surface area contributed by atoms with Crippen LogP contribution in [-0.2, 0) is 24.1 Å². The Hall–Kier alpha value is -1.54. The molecule has 2 rings (SSSR count). The zero-order chi connectivity index (χ0) is 13.5. The molecule has 0 radical (unpaired) electrons. The van der Waals surface area contributed by atoms with Crippen molar-refractivity contribution >= 4 is 27.4 Å². The number of hydrogen-bond acceptors (Lipinski definition) is 4. The summed E-state index contributed by atoms with van der Waals surface area (Å²) in [5, 5.41) is 3.84. The minimum atomic E-state index is -3.82. The van der Waals surface area contributed by atoms with Gasteiger partial charge in [-0.15, -0.1) is 0 Å². The first-order chi connectivity index (χ1) is 8.31. The Morgan fingerprint density at radius 3 is 2.50 bits per heavy atom. The van der Waals surface area contributed by atoms with Crippen molar-refractivity contribution in [2.75, 3.05) is 4.72 Å². The van der Waals surface area contributed by atoms with E-state index in [0.29, 0.717) is 0 Å². The number of nitrogens with one attached hydrogen (secondary N) is 1. The summed E-state index contributed by atoms with van der Waals surface area (Å²) in [5.41, 5.74) is 0.833. The van der Waals surface area contributed by atoms with Gasteiger partial charge in [-0.1, -0.05) is 11.6 Å². The topological polar surface area (TPSA) is 81.8 Å². The number of sulfonamides is 1. The minimum absolute atomic E-state index is 0.0511. The van der Waals surface area contributed by atoms with E-state index < -0.39 is 10.0 Å². The number of imidazole rings is 1. The van der Waals surface area contributed by atoms with Crippen LogP contribution in [0.4, 0.5) is 5.82 Å². The molecule has 2 aromatic rings. The smallest absolute Gasteiger partial charge is 0.283 e. The van der Waals surface area contributed by atoms with Gasteiger partial charge in [-0.3, -0.25) is 9.40 Å². The molecule has 0 aliphatic rings. The molecule has 2 aromatic heterocycles. The molecule has 0 aromatic carbocycles. The van der Waals surface area contributed by atoms with E-state index in [1.807, 2.05) is 6.92 Å². The van der Waals surface area contributed by atoms with Crippen molar-refractivity contribution < 1.29 is 8.42 Å². The molecule has 0 aliphatic heterocycles. The van der Waals surface area contributed by atoms with Crippen LogP contribution in [-0.4, -0.2) is 27.7 Å². The monoisotopic (exact) mass is 289 g/mol. The Morgan fingerprint density at radius 1 is 1.39 bits per heavy atom. The summed E-state index contributed by atoms with van der Waals surface area (Å²) in [6.07, 6.45) is 1.33. The van der Waals surface area contributed by atoms with Gasteiger partial charge in [0, 0.05) is 25.9 Å². The number of aromatic nitrogens is 4. The lowest BCUT2D eigenvalue weighted by molar-refractivity contribution is 0.597. The minimum Gasteiger partial charge on any atom is -0.324 e. The van der Waals surface area contributed by atoms with E-state index in [9.17, 15) is 8.42 Å². The second kappa shape index (κ2) is 4.29. The number of aryl methyl sites for hydroxylation is 3. The lowest BCUT2D eigenvalue weighted by atomic mass is 10.5. The predicted octanol–water partition coefficient (Wildman–Crippen LogP) is 0.916. The quantitative estimate of drug-likeness (QED) is 0.911. The first-order valence-electron chi connectivity index (χ1n) is 5.01. The summed E-state index contributed by atoms with van der Waals surface area (Å²) < 4.78 is 29.4. The fourth-order valence-electron chi connectivity index (χ4n) is 1.37. The van der Waals surface area contributed by atoms with Crippen LogP contribution in [0.1, 0.15) is 5.69 Å². The van der Waals surface area contributed by atoms with Crippen molar-refractivity contribution in [3.63, 3.8) is 0 Å². The molecule has 0 aliphatic carbocycles. The molecule has 0 amide bonds. The lowest BCUT2D eigenvalue weighted by Crippen LogP contribution is -2.14. The molecule has 7 nitrogen and oxygen atoms in total.